The monoisotopic (exact) mass is 438 g/mol. The van der Waals surface area contributed by atoms with Crippen molar-refractivity contribution in [3.05, 3.63) is 65.2 Å². The largest absolute Gasteiger partial charge is 0.497 e. The van der Waals surface area contributed by atoms with Crippen LogP contribution in [-0.2, 0) is 22.6 Å². The number of nitrogens with one attached hydrogen (secondary N) is 1. The highest BCUT2D eigenvalue weighted by Crippen LogP contribution is 2.20. The van der Waals surface area contributed by atoms with Gasteiger partial charge in [-0.25, -0.2) is 0 Å². The number of hydrogen-bond donors (Lipinski definition) is 1. The van der Waals surface area contributed by atoms with Crippen LogP contribution in [0.2, 0.25) is 0 Å². The molecule has 5 heteroatoms. The highest BCUT2D eigenvalue weighted by atomic mass is 16.5. The SMILES string of the molecule is CCC(C(=O)NC(C)C)N(Cc1cccc(OC)c1)C(=O)CCc1ccc(C(C)C)cc1. The zero-order valence-electron chi connectivity index (χ0n) is 20.4. The number of ether oxygens (including phenoxy) is 1. The van der Waals surface area contributed by atoms with E-state index in [0.29, 0.717) is 31.7 Å². The number of hydrogen-bond acceptors (Lipinski definition) is 3. The molecule has 32 heavy (non-hydrogen) atoms. The van der Waals surface area contributed by atoms with Crippen molar-refractivity contribution in [1.29, 1.82) is 0 Å². The Balaban J connectivity index is 2.20. The third kappa shape index (κ3) is 7.40. The van der Waals surface area contributed by atoms with Crippen molar-refractivity contribution in [2.45, 2.75) is 78.4 Å². The number of methoxy groups -OCH3 is 1. The van der Waals surface area contributed by atoms with E-state index in [1.54, 1.807) is 12.0 Å². The highest BCUT2D eigenvalue weighted by molar-refractivity contribution is 5.87. The van der Waals surface area contributed by atoms with Gasteiger partial charge in [0.05, 0.1) is 7.11 Å². The van der Waals surface area contributed by atoms with Gasteiger partial charge in [0.25, 0.3) is 0 Å². The Bertz CT molecular complexity index is 875. The van der Waals surface area contributed by atoms with Crippen molar-refractivity contribution in [2.24, 2.45) is 0 Å². The van der Waals surface area contributed by atoms with Crippen molar-refractivity contribution in [1.82, 2.24) is 10.2 Å². The normalized spacial score (nSPS) is 12.0. The smallest absolute Gasteiger partial charge is 0.243 e. The predicted molar refractivity (Wildman–Crippen MR) is 130 cm³/mol. The minimum atomic E-state index is -0.514. The fraction of sp³-hybridized carbons (Fsp3) is 0.481. The zero-order valence-corrected chi connectivity index (χ0v) is 20.4. The average molecular weight is 439 g/mol. The fourth-order valence-electron chi connectivity index (χ4n) is 3.73. The maximum absolute atomic E-state index is 13.4. The van der Waals surface area contributed by atoms with Crippen LogP contribution in [0.15, 0.2) is 48.5 Å². The lowest BCUT2D eigenvalue weighted by Crippen LogP contribution is -2.50. The molecule has 0 saturated heterocycles. The van der Waals surface area contributed by atoms with Gasteiger partial charge >= 0.3 is 0 Å². The number of benzene rings is 2. The minimum Gasteiger partial charge on any atom is -0.497 e. The Kier molecular flexibility index (Phi) is 9.76. The van der Waals surface area contributed by atoms with Crippen LogP contribution in [0.1, 0.15) is 70.1 Å². The van der Waals surface area contributed by atoms with Crippen molar-refractivity contribution in [3.8, 4) is 5.75 Å². The standard InChI is InChI=1S/C27H38N2O3/c1-7-25(27(31)28-20(4)5)29(18-22-9-8-10-24(17-22)32-6)26(30)16-13-21-11-14-23(15-12-21)19(2)3/h8-12,14-15,17,19-20,25H,7,13,16,18H2,1-6H3,(H,28,31). The summed E-state index contributed by atoms with van der Waals surface area (Å²) in [6, 6.07) is 15.6. The molecular weight excluding hydrogens is 400 g/mol. The van der Waals surface area contributed by atoms with E-state index in [2.05, 4.69) is 43.4 Å². The second-order valence-electron chi connectivity index (χ2n) is 8.86. The van der Waals surface area contributed by atoms with Gasteiger partial charge in [0.1, 0.15) is 11.8 Å². The van der Waals surface area contributed by atoms with E-state index in [9.17, 15) is 9.59 Å². The summed E-state index contributed by atoms with van der Waals surface area (Å²) in [5, 5.41) is 2.97. The molecule has 0 radical (unpaired) electrons. The first-order valence-electron chi connectivity index (χ1n) is 11.6. The lowest BCUT2D eigenvalue weighted by molar-refractivity contribution is -0.141. The van der Waals surface area contributed by atoms with E-state index in [0.717, 1.165) is 16.9 Å². The first-order chi connectivity index (χ1) is 15.2. The second-order valence-corrected chi connectivity index (χ2v) is 8.86. The van der Waals surface area contributed by atoms with E-state index < -0.39 is 6.04 Å². The van der Waals surface area contributed by atoms with E-state index >= 15 is 0 Å². The highest BCUT2D eigenvalue weighted by Gasteiger charge is 2.28. The summed E-state index contributed by atoms with van der Waals surface area (Å²) in [5.41, 5.74) is 3.36. The number of aryl methyl sites for hydroxylation is 1. The summed E-state index contributed by atoms with van der Waals surface area (Å²) in [4.78, 5) is 28.0. The molecule has 2 aromatic rings. The quantitative estimate of drug-likeness (QED) is 0.532. The van der Waals surface area contributed by atoms with Crippen LogP contribution in [0, 0.1) is 0 Å². The summed E-state index contributed by atoms with van der Waals surface area (Å²) in [6.45, 7) is 10.5. The molecule has 0 aliphatic rings. The van der Waals surface area contributed by atoms with Crippen LogP contribution in [-0.4, -0.2) is 35.9 Å². The summed E-state index contributed by atoms with van der Waals surface area (Å²) in [6.07, 6.45) is 1.56. The summed E-state index contributed by atoms with van der Waals surface area (Å²) < 4.78 is 5.33. The molecule has 1 unspecified atom stereocenters. The molecule has 0 saturated carbocycles. The molecule has 0 spiro atoms. The van der Waals surface area contributed by atoms with E-state index in [-0.39, 0.29) is 17.9 Å². The molecule has 1 atom stereocenters. The molecule has 2 rings (SSSR count). The molecular formula is C27H38N2O3. The van der Waals surface area contributed by atoms with E-state index in [4.69, 9.17) is 4.74 Å². The van der Waals surface area contributed by atoms with Crippen molar-refractivity contribution < 1.29 is 14.3 Å². The van der Waals surface area contributed by atoms with Gasteiger partial charge in [0.15, 0.2) is 0 Å². The zero-order chi connectivity index (χ0) is 23.7. The topological polar surface area (TPSA) is 58.6 Å². The lowest BCUT2D eigenvalue weighted by Gasteiger charge is -2.31. The molecule has 0 heterocycles. The Labute approximate surface area is 193 Å². The Morgan fingerprint density at radius 3 is 2.25 bits per heavy atom. The van der Waals surface area contributed by atoms with Crippen LogP contribution < -0.4 is 10.1 Å². The number of nitrogens with zero attached hydrogens (tertiary/aromatic N) is 1. The number of carbonyl (C=O) groups is 2. The Hall–Kier alpha value is -2.82. The fourth-order valence-corrected chi connectivity index (χ4v) is 3.73. The molecule has 5 nitrogen and oxygen atoms in total. The average Bonchev–Trinajstić information content (AvgIpc) is 2.77. The summed E-state index contributed by atoms with van der Waals surface area (Å²) in [5.74, 6) is 1.08. The molecule has 1 N–H and O–H groups in total. The second kappa shape index (κ2) is 12.3. The van der Waals surface area contributed by atoms with Gasteiger partial charge in [-0.05, 0) is 61.4 Å². The van der Waals surface area contributed by atoms with E-state index in [1.165, 1.54) is 5.56 Å². The lowest BCUT2D eigenvalue weighted by atomic mass is 10.00. The van der Waals surface area contributed by atoms with Crippen molar-refractivity contribution >= 4 is 11.8 Å². The maximum atomic E-state index is 13.4. The van der Waals surface area contributed by atoms with Crippen LogP contribution >= 0.6 is 0 Å². The third-order valence-electron chi connectivity index (χ3n) is 5.58. The Morgan fingerprint density at radius 2 is 1.69 bits per heavy atom. The van der Waals surface area contributed by atoms with Crippen LogP contribution in [0.25, 0.3) is 0 Å². The molecule has 0 aliphatic heterocycles. The summed E-state index contributed by atoms with van der Waals surface area (Å²) >= 11 is 0. The molecule has 0 bridgehead atoms. The summed E-state index contributed by atoms with van der Waals surface area (Å²) in [7, 11) is 1.62. The van der Waals surface area contributed by atoms with Gasteiger partial charge in [0.2, 0.25) is 11.8 Å². The third-order valence-corrected chi connectivity index (χ3v) is 5.58. The molecule has 0 aliphatic carbocycles. The predicted octanol–water partition coefficient (Wildman–Crippen LogP) is 5.08. The van der Waals surface area contributed by atoms with Gasteiger partial charge in [-0.15, -0.1) is 0 Å². The molecule has 174 valence electrons. The first kappa shape index (κ1) is 25.4. The van der Waals surface area contributed by atoms with Crippen LogP contribution in [0.3, 0.4) is 0 Å². The van der Waals surface area contributed by atoms with Gasteiger partial charge in [-0.3, -0.25) is 9.59 Å². The van der Waals surface area contributed by atoms with Gasteiger partial charge in [-0.2, -0.15) is 0 Å². The molecule has 0 aromatic heterocycles. The van der Waals surface area contributed by atoms with Gasteiger partial charge in [-0.1, -0.05) is 57.2 Å². The molecule has 2 amide bonds. The minimum absolute atomic E-state index is 0.0183. The van der Waals surface area contributed by atoms with Crippen LogP contribution in [0.5, 0.6) is 5.75 Å². The maximum Gasteiger partial charge on any atom is 0.243 e. The van der Waals surface area contributed by atoms with Gasteiger partial charge < -0.3 is 15.0 Å². The molecule has 2 aromatic carbocycles. The Morgan fingerprint density at radius 1 is 1.00 bits per heavy atom. The van der Waals surface area contributed by atoms with Crippen molar-refractivity contribution in [2.75, 3.05) is 7.11 Å². The van der Waals surface area contributed by atoms with Crippen LogP contribution in [0.4, 0.5) is 0 Å². The number of amides is 2. The van der Waals surface area contributed by atoms with Crippen molar-refractivity contribution in [3.63, 3.8) is 0 Å². The molecule has 0 fully saturated rings. The van der Waals surface area contributed by atoms with E-state index in [1.807, 2.05) is 45.0 Å². The number of carbonyl (C=O) groups excluding carboxylic acids is 2. The van der Waals surface area contributed by atoms with Gasteiger partial charge in [0, 0.05) is 19.0 Å². The number of rotatable bonds is 11. The first-order valence-corrected chi connectivity index (χ1v) is 11.6.